The Kier molecular flexibility index (Phi) is 5.19. The van der Waals surface area contributed by atoms with Crippen molar-refractivity contribution in [2.45, 2.75) is 39.7 Å². The summed E-state index contributed by atoms with van der Waals surface area (Å²) in [6.45, 7) is 7.57. The maximum absolute atomic E-state index is 12.3. The molecule has 1 aliphatic rings. The van der Waals surface area contributed by atoms with Crippen LogP contribution in [0.5, 0.6) is 0 Å². The molecule has 0 saturated heterocycles. The third kappa shape index (κ3) is 3.75. The zero-order valence-electron chi connectivity index (χ0n) is 11.3. The van der Waals surface area contributed by atoms with E-state index in [2.05, 4.69) is 6.08 Å². The van der Waals surface area contributed by atoms with E-state index >= 15 is 0 Å². The number of aliphatic carboxylic acids is 1. The number of carbonyl (C=O) groups is 2. The van der Waals surface area contributed by atoms with Gasteiger partial charge < -0.3 is 14.9 Å². The minimum Gasteiger partial charge on any atom is -0.481 e. The molecule has 0 fully saturated rings. The molecule has 1 rings (SSSR count). The van der Waals surface area contributed by atoms with Gasteiger partial charge in [-0.1, -0.05) is 11.6 Å². The predicted molar refractivity (Wildman–Crippen MR) is 69.4 cm³/mol. The first-order valence-electron chi connectivity index (χ1n) is 6.38. The topological polar surface area (TPSA) is 60.9 Å². The molecule has 102 valence electrons. The lowest BCUT2D eigenvalue weighted by Gasteiger charge is -2.35. The Morgan fingerprint density at radius 1 is 1.56 bits per heavy atom. The molecule has 0 radical (unpaired) electrons. The summed E-state index contributed by atoms with van der Waals surface area (Å²) in [6.07, 6.45) is 3.01. The van der Waals surface area contributed by atoms with E-state index in [-0.39, 0.29) is 18.5 Å². The largest absolute Gasteiger partial charge is 0.481 e. The van der Waals surface area contributed by atoms with E-state index in [4.69, 9.17) is 5.11 Å². The molecule has 0 aliphatic carbocycles. The number of nitrogens with zero attached hydrogens (tertiary/aromatic N) is 2. The number of amides is 2. The standard InChI is InChI=1S/C13H22N2O3/c1-4-15(11(3)8-12(16)17)13(18)14-7-5-6-10(2)9-14/h6,11H,4-5,7-9H2,1-3H3,(H,16,17). The summed E-state index contributed by atoms with van der Waals surface area (Å²) in [5.74, 6) is -0.872. The van der Waals surface area contributed by atoms with Crippen LogP contribution < -0.4 is 0 Å². The molecule has 1 heterocycles. The van der Waals surface area contributed by atoms with Crippen molar-refractivity contribution in [3.63, 3.8) is 0 Å². The molecule has 18 heavy (non-hydrogen) atoms. The molecule has 1 atom stereocenters. The molecule has 0 aromatic rings. The molecule has 0 spiro atoms. The molecule has 1 N–H and O–H groups in total. The number of urea groups is 1. The molecule has 0 aromatic carbocycles. The van der Waals surface area contributed by atoms with Crippen molar-refractivity contribution in [1.82, 2.24) is 9.80 Å². The number of carboxylic acid groups (broad SMARTS) is 1. The Labute approximate surface area is 108 Å². The Hall–Kier alpha value is -1.52. The maximum Gasteiger partial charge on any atom is 0.320 e. The van der Waals surface area contributed by atoms with Crippen LogP contribution in [0.2, 0.25) is 0 Å². The normalized spacial score (nSPS) is 17.1. The van der Waals surface area contributed by atoms with Crippen LogP contribution in [0.1, 0.15) is 33.6 Å². The molecule has 1 unspecified atom stereocenters. The van der Waals surface area contributed by atoms with Crippen LogP contribution in [-0.2, 0) is 4.79 Å². The van der Waals surface area contributed by atoms with Crippen molar-refractivity contribution in [2.24, 2.45) is 0 Å². The summed E-state index contributed by atoms with van der Waals surface area (Å²) >= 11 is 0. The predicted octanol–water partition coefficient (Wildman–Crippen LogP) is 1.94. The van der Waals surface area contributed by atoms with E-state index in [1.807, 2.05) is 13.8 Å². The van der Waals surface area contributed by atoms with Gasteiger partial charge in [0, 0.05) is 25.7 Å². The van der Waals surface area contributed by atoms with Crippen LogP contribution in [0.4, 0.5) is 4.79 Å². The van der Waals surface area contributed by atoms with Crippen molar-refractivity contribution in [3.8, 4) is 0 Å². The number of hydrogen-bond acceptors (Lipinski definition) is 2. The van der Waals surface area contributed by atoms with Crippen molar-refractivity contribution in [3.05, 3.63) is 11.6 Å². The number of rotatable bonds is 4. The smallest absolute Gasteiger partial charge is 0.320 e. The fourth-order valence-corrected chi connectivity index (χ4v) is 2.25. The lowest BCUT2D eigenvalue weighted by Crippen LogP contribution is -2.49. The molecule has 0 aromatic heterocycles. The van der Waals surface area contributed by atoms with Crippen molar-refractivity contribution < 1.29 is 14.7 Å². The SMILES string of the molecule is CCN(C(=O)N1CCC=C(C)C1)C(C)CC(=O)O. The van der Waals surface area contributed by atoms with Gasteiger partial charge in [-0.15, -0.1) is 0 Å². The summed E-state index contributed by atoms with van der Waals surface area (Å²) in [5.41, 5.74) is 1.19. The Morgan fingerprint density at radius 3 is 2.72 bits per heavy atom. The molecular weight excluding hydrogens is 232 g/mol. The Balaban J connectivity index is 2.67. The van der Waals surface area contributed by atoms with Crippen LogP contribution >= 0.6 is 0 Å². The molecule has 0 bridgehead atoms. The van der Waals surface area contributed by atoms with E-state index in [1.54, 1.807) is 16.7 Å². The minimum absolute atomic E-state index is 0.0117. The van der Waals surface area contributed by atoms with Gasteiger partial charge in [-0.2, -0.15) is 0 Å². The summed E-state index contributed by atoms with van der Waals surface area (Å²) in [4.78, 5) is 26.5. The molecule has 2 amide bonds. The van der Waals surface area contributed by atoms with Gasteiger partial charge in [-0.3, -0.25) is 4.79 Å². The van der Waals surface area contributed by atoms with Gasteiger partial charge in [0.1, 0.15) is 0 Å². The van der Waals surface area contributed by atoms with Crippen LogP contribution in [0.15, 0.2) is 11.6 Å². The molecule has 0 saturated carbocycles. The quantitative estimate of drug-likeness (QED) is 0.780. The van der Waals surface area contributed by atoms with Crippen molar-refractivity contribution in [2.75, 3.05) is 19.6 Å². The van der Waals surface area contributed by atoms with Crippen LogP contribution in [0.25, 0.3) is 0 Å². The first kappa shape index (κ1) is 14.5. The lowest BCUT2D eigenvalue weighted by atomic mass is 10.1. The van der Waals surface area contributed by atoms with Crippen LogP contribution in [0, 0.1) is 0 Å². The highest BCUT2D eigenvalue weighted by Crippen LogP contribution is 2.14. The van der Waals surface area contributed by atoms with Gasteiger partial charge in [0.05, 0.1) is 6.42 Å². The number of hydrogen-bond donors (Lipinski definition) is 1. The third-order valence-corrected chi connectivity index (χ3v) is 3.19. The van der Waals surface area contributed by atoms with Gasteiger partial charge >= 0.3 is 12.0 Å². The van der Waals surface area contributed by atoms with Crippen LogP contribution in [0.3, 0.4) is 0 Å². The number of carboxylic acids is 1. The summed E-state index contributed by atoms with van der Waals surface area (Å²) in [6, 6.07) is -0.329. The lowest BCUT2D eigenvalue weighted by molar-refractivity contribution is -0.138. The van der Waals surface area contributed by atoms with Gasteiger partial charge in [0.25, 0.3) is 0 Å². The fourth-order valence-electron chi connectivity index (χ4n) is 2.25. The van der Waals surface area contributed by atoms with E-state index in [1.165, 1.54) is 5.57 Å². The van der Waals surface area contributed by atoms with Gasteiger partial charge in [-0.05, 0) is 27.2 Å². The zero-order valence-corrected chi connectivity index (χ0v) is 11.3. The third-order valence-electron chi connectivity index (χ3n) is 3.19. The van der Waals surface area contributed by atoms with Crippen LogP contribution in [-0.4, -0.2) is 52.6 Å². The van der Waals surface area contributed by atoms with Gasteiger partial charge in [-0.25, -0.2) is 4.79 Å². The summed E-state index contributed by atoms with van der Waals surface area (Å²) in [5, 5.41) is 8.80. The highest BCUT2D eigenvalue weighted by Gasteiger charge is 2.26. The second kappa shape index (κ2) is 6.42. The second-order valence-electron chi connectivity index (χ2n) is 4.78. The fraction of sp³-hybridized carbons (Fsp3) is 0.692. The Morgan fingerprint density at radius 2 is 2.22 bits per heavy atom. The van der Waals surface area contributed by atoms with E-state index in [0.717, 1.165) is 6.42 Å². The highest BCUT2D eigenvalue weighted by atomic mass is 16.4. The van der Waals surface area contributed by atoms with E-state index in [0.29, 0.717) is 19.6 Å². The minimum atomic E-state index is -0.872. The molecule has 5 heteroatoms. The van der Waals surface area contributed by atoms with Gasteiger partial charge in [0.15, 0.2) is 0 Å². The maximum atomic E-state index is 12.3. The van der Waals surface area contributed by atoms with E-state index in [9.17, 15) is 9.59 Å². The Bertz CT molecular complexity index is 352. The zero-order chi connectivity index (χ0) is 13.7. The van der Waals surface area contributed by atoms with Crippen molar-refractivity contribution >= 4 is 12.0 Å². The summed E-state index contributed by atoms with van der Waals surface area (Å²) < 4.78 is 0. The van der Waals surface area contributed by atoms with E-state index < -0.39 is 5.97 Å². The average molecular weight is 254 g/mol. The van der Waals surface area contributed by atoms with Crippen molar-refractivity contribution in [1.29, 1.82) is 0 Å². The average Bonchev–Trinajstić information content (AvgIpc) is 2.28. The monoisotopic (exact) mass is 254 g/mol. The first-order valence-corrected chi connectivity index (χ1v) is 6.38. The number of carbonyl (C=O) groups excluding carboxylic acids is 1. The summed E-state index contributed by atoms with van der Waals surface area (Å²) in [7, 11) is 0. The van der Waals surface area contributed by atoms with Gasteiger partial charge in [0.2, 0.25) is 0 Å². The molecule has 5 nitrogen and oxygen atoms in total. The molecule has 1 aliphatic heterocycles. The highest BCUT2D eigenvalue weighted by molar-refractivity contribution is 5.76. The molecular formula is C13H22N2O3. The second-order valence-corrected chi connectivity index (χ2v) is 4.78. The first-order chi connectivity index (χ1) is 8.45.